The van der Waals surface area contributed by atoms with Crippen molar-refractivity contribution in [1.82, 2.24) is 14.8 Å². The van der Waals surface area contributed by atoms with Crippen molar-refractivity contribution < 1.29 is 0 Å². The molecule has 0 saturated heterocycles. The first-order valence-corrected chi connectivity index (χ1v) is 5.34. The predicted octanol–water partition coefficient (Wildman–Crippen LogP) is 2.19. The minimum atomic E-state index is 0.353. The fourth-order valence-electron chi connectivity index (χ4n) is 1.78. The fourth-order valence-corrected chi connectivity index (χ4v) is 1.78. The van der Waals surface area contributed by atoms with E-state index in [0.717, 1.165) is 16.8 Å². The summed E-state index contributed by atoms with van der Waals surface area (Å²) in [6.07, 6.45) is 3.54. The summed E-state index contributed by atoms with van der Waals surface area (Å²) in [6, 6.07) is 3.92. The molecule has 2 rings (SSSR count). The molecule has 0 spiro atoms. The van der Waals surface area contributed by atoms with E-state index in [1.54, 1.807) is 17.1 Å². The van der Waals surface area contributed by atoms with Gasteiger partial charge in [0.15, 0.2) is 0 Å². The summed E-state index contributed by atoms with van der Waals surface area (Å²) in [5, 5.41) is 4.46. The molecule has 0 amide bonds. The Balaban J connectivity index is 2.64. The van der Waals surface area contributed by atoms with Gasteiger partial charge in [0.2, 0.25) is 0 Å². The van der Waals surface area contributed by atoms with Gasteiger partial charge in [-0.05, 0) is 23.6 Å². The Morgan fingerprint density at radius 3 is 2.44 bits per heavy atom. The SMILES string of the molecule is CC(C)c1nn(C)c(N)c1-c1ccncc1. The van der Waals surface area contributed by atoms with Gasteiger partial charge in [0.25, 0.3) is 0 Å². The Hall–Kier alpha value is -1.84. The second-order valence-electron chi connectivity index (χ2n) is 4.16. The fraction of sp³-hybridized carbons (Fsp3) is 0.333. The van der Waals surface area contributed by atoms with Crippen LogP contribution >= 0.6 is 0 Å². The highest BCUT2D eigenvalue weighted by Crippen LogP contribution is 2.32. The lowest BCUT2D eigenvalue weighted by Gasteiger charge is -2.05. The Bertz CT molecular complexity index is 485. The molecule has 2 heterocycles. The first kappa shape index (κ1) is 10.7. The zero-order valence-corrected chi connectivity index (χ0v) is 9.81. The van der Waals surface area contributed by atoms with Crippen LogP contribution < -0.4 is 5.73 Å². The topological polar surface area (TPSA) is 56.7 Å². The molecule has 2 N–H and O–H groups in total. The molecule has 2 aromatic heterocycles. The van der Waals surface area contributed by atoms with Crippen LogP contribution in [0.25, 0.3) is 11.1 Å². The number of aryl methyl sites for hydroxylation is 1. The maximum Gasteiger partial charge on any atom is 0.129 e. The van der Waals surface area contributed by atoms with Gasteiger partial charge >= 0.3 is 0 Å². The van der Waals surface area contributed by atoms with E-state index in [1.165, 1.54) is 0 Å². The van der Waals surface area contributed by atoms with Crippen molar-refractivity contribution >= 4 is 5.82 Å². The van der Waals surface area contributed by atoms with Crippen molar-refractivity contribution in [2.45, 2.75) is 19.8 Å². The molecule has 0 aromatic carbocycles. The maximum absolute atomic E-state index is 6.05. The number of anilines is 1. The summed E-state index contributed by atoms with van der Waals surface area (Å²) in [6.45, 7) is 4.24. The van der Waals surface area contributed by atoms with E-state index in [2.05, 4.69) is 23.9 Å². The molecule has 0 aliphatic rings. The molecular weight excluding hydrogens is 200 g/mol. The van der Waals surface area contributed by atoms with Crippen molar-refractivity contribution in [3.63, 3.8) is 0 Å². The van der Waals surface area contributed by atoms with Crippen LogP contribution in [0.3, 0.4) is 0 Å². The molecule has 84 valence electrons. The average molecular weight is 216 g/mol. The Labute approximate surface area is 95.1 Å². The molecule has 0 atom stereocenters. The second kappa shape index (κ2) is 3.96. The van der Waals surface area contributed by atoms with E-state index in [1.807, 2.05) is 19.2 Å². The third-order valence-electron chi connectivity index (χ3n) is 2.63. The molecule has 4 heteroatoms. The van der Waals surface area contributed by atoms with Crippen LogP contribution in [0.1, 0.15) is 25.5 Å². The lowest BCUT2D eigenvalue weighted by Crippen LogP contribution is -1.98. The van der Waals surface area contributed by atoms with Gasteiger partial charge in [0.05, 0.1) is 5.69 Å². The highest BCUT2D eigenvalue weighted by Gasteiger charge is 2.17. The Morgan fingerprint density at radius 1 is 1.25 bits per heavy atom. The molecule has 0 unspecified atom stereocenters. The molecule has 0 fully saturated rings. The van der Waals surface area contributed by atoms with Crippen LogP contribution in [0.15, 0.2) is 24.5 Å². The minimum Gasteiger partial charge on any atom is -0.383 e. The third kappa shape index (κ3) is 1.66. The van der Waals surface area contributed by atoms with Crippen molar-refractivity contribution in [2.75, 3.05) is 5.73 Å². The first-order chi connectivity index (χ1) is 7.61. The normalized spacial score (nSPS) is 11.0. The molecule has 16 heavy (non-hydrogen) atoms. The lowest BCUT2D eigenvalue weighted by atomic mass is 10.0. The second-order valence-corrected chi connectivity index (χ2v) is 4.16. The standard InChI is InChI=1S/C12H16N4/c1-8(2)11-10(12(13)16(3)15-11)9-4-6-14-7-5-9/h4-8H,13H2,1-3H3. The molecule has 4 nitrogen and oxygen atoms in total. The van der Waals surface area contributed by atoms with Crippen LogP contribution in [0, 0.1) is 0 Å². The molecule has 0 saturated carbocycles. The van der Waals surface area contributed by atoms with E-state index in [-0.39, 0.29) is 0 Å². The number of rotatable bonds is 2. The summed E-state index contributed by atoms with van der Waals surface area (Å²) in [7, 11) is 1.87. The van der Waals surface area contributed by atoms with Gasteiger partial charge in [-0.25, -0.2) is 0 Å². The van der Waals surface area contributed by atoms with Crippen molar-refractivity contribution in [2.24, 2.45) is 7.05 Å². The summed E-state index contributed by atoms with van der Waals surface area (Å²) < 4.78 is 1.73. The minimum absolute atomic E-state index is 0.353. The molecule has 0 aliphatic carbocycles. The number of hydrogen-bond donors (Lipinski definition) is 1. The summed E-state index contributed by atoms with van der Waals surface area (Å²) in [4.78, 5) is 4.01. The van der Waals surface area contributed by atoms with Gasteiger partial charge in [-0.2, -0.15) is 5.10 Å². The quantitative estimate of drug-likeness (QED) is 0.837. The number of pyridine rings is 1. The zero-order chi connectivity index (χ0) is 11.7. The molecule has 0 bridgehead atoms. The number of nitrogens with two attached hydrogens (primary N) is 1. The molecule has 0 aliphatic heterocycles. The van der Waals surface area contributed by atoms with Crippen molar-refractivity contribution in [1.29, 1.82) is 0 Å². The number of hydrogen-bond acceptors (Lipinski definition) is 3. The summed E-state index contributed by atoms with van der Waals surface area (Å²) >= 11 is 0. The smallest absolute Gasteiger partial charge is 0.129 e. The van der Waals surface area contributed by atoms with Gasteiger partial charge in [-0.15, -0.1) is 0 Å². The average Bonchev–Trinajstić information content (AvgIpc) is 2.57. The summed E-state index contributed by atoms with van der Waals surface area (Å²) in [5.74, 6) is 1.06. The summed E-state index contributed by atoms with van der Waals surface area (Å²) in [5.41, 5.74) is 9.19. The van der Waals surface area contributed by atoms with Gasteiger partial charge < -0.3 is 5.73 Å². The third-order valence-corrected chi connectivity index (χ3v) is 2.63. The van der Waals surface area contributed by atoms with E-state index in [4.69, 9.17) is 5.73 Å². The zero-order valence-electron chi connectivity index (χ0n) is 9.81. The number of aromatic nitrogens is 3. The van der Waals surface area contributed by atoms with Crippen LogP contribution in [0.5, 0.6) is 0 Å². The molecule has 2 aromatic rings. The monoisotopic (exact) mass is 216 g/mol. The van der Waals surface area contributed by atoms with Gasteiger partial charge in [0.1, 0.15) is 5.82 Å². The van der Waals surface area contributed by atoms with Gasteiger partial charge in [0, 0.05) is 25.0 Å². The van der Waals surface area contributed by atoms with E-state index in [0.29, 0.717) is 11.7 Å². The van der Waals surface area contributed by atoms with Crippen LogP contribution in [0.4, 0.5) is 5.82 Å². The Kier molecular flexibility index (Phi) is 2.64. The van der Waals surface area contributed by atoms with Gasteiger partial charge in [-0.1, -0.05) is 13.8 Å². The van der Waals surface area contributed by atoms with Crippen LogP contribution in [-0.2, 0) is 7.05 Å². The van der Waals surface area contributed by atoms with Crippen molar-refractivity contribution in [3.8, 4) is 11.1 Å². The van der Waals surface area contributed by atoms with E-state index < -0.39 is 0 Å². The first-order valence-electron chi connectivity index (χ1n) is 5.34. The highest BCUT2D eigenvalue weighted by atomic mass is 15.3. The van der Waals surface area contributed by atoms with Gasteiger partial charge in [-0.3, -0.25) is 9.67 Å². The van der Waals surface area contributed by atoms with Crippen molar-refractivity contribution in [3.05, 3.63) is 30.2 Å². The van der Waals surface area contributed by atoms with Crippen LogP contribution in [0.2, 0.25) is 0 Å². The van der Waals surface area contributed by atoms with E-state index in [9.17, 15) is 0 Å². The number of nitrogens with zero attached hydrogens (tertiary/aromatic N) is 3. The molecular formula is C12H16N4. The van der Waals surface area contributed by atoms with E-state index >= 15 is 0 Å². The highest BCUT2D eigenvalue weighted by molar-refractivity contribution is 5.76. The lowest BCUT2D eigenvalue weighted by molar-refractivity contribution is 0.719. The number of nitrogen functional groups attached to an aromatic ring is 1. The van der Waals surface area contributed by atoms with Crippen LogP contribution in [-0.4, -0.2) is 14.8 Å². The largest absolute Gasteiger partial charge is 0.383 e. The predicted molar refractivity (Wildman–Crippen MR) is 64.9 cm³/mol. The molecule has 0 radical (unpaired) electrons. The Morgan fingerprint density at radius 2 is 1.88 bits per heavy atom. The maximum atomic E-state index is 6.05.